The van der Waals surface area contributed by atoms with Gasteiger partial charge in [-0.2, -0.15) is 0 Å². The molecule has 0 unspecified atom stereocenters. The van der Waals surface area contributed by atoms with Gasteiger partial charge in [-0.05, 0) is 19.0 Å². The summed E-state index contributed by atoms with van der Waals surface area (Å²) in [6.45, 7) is 3.76. The molecule has 0 fully saturated rings. The van der Waals surface area contributed by atoms with Crippen LogP contribution in [0.2, 0.25) is 0 Å². The largest absolute Gasteiger partial charge is 0.389 e. The lowest BCUT2D eigenvalue weighted by Crippen LogP contribution is -2.35. The van der Waals surface area contributed by atoms with Crippen molar-refractivity contribution in [3.05, 3.63) is 35.4 Å². The van der Waals surface area contributed by atoms with Crippen LogP contribution < -0.4 is 11.1 Å². The molecule has 0 aliphatic heterocycles. The molecule has 1 aromatic rings. The smallest absolute Gasteiger partial charge is 0.234 e. The summed E-state index contributed by atoms with van der Waals surface area (Å²) in [5, 5.41) is 2.86. The van der Waals surface area contributed by atoms with E-state index in [1.807, 2.05) is 43.1 Å². The number of rotatable bonds is 7. The van der Waals surface area contributed by atoms with Gasteiger partial charge in [-0.25, -0.2) is 0 Å². The van der Waals surface area contributed by atoms with Crippen molar-refractivity contribution < 1.29 is 4.79 Å². The number of benzene rings is 1. The van der Waals surface area contributed by atoms with Crippen LogP contribution in [0.15, 0.2) is 24.3 Å². The van der Waals surface area contributed by atoms with E-state index in [9.17, 15) is 4.79 Å². The molecular weight excluding hydrogens is 258 g/mol. The van der Waals surface area contributed by atoms with Crippen LogP contribution in [0.25, 0.3) is 0 Å². The number of hydrogen-bond donors (Lipinski definition) is 2. The van der Waals surface area contributed by atoms with Crippen molar-refractivity contribution in [1.29, 1.82) is 0 Å². The fourth-order valence-electron chi connectivity index (χ4n) is 1.81. The van der Waals surface area contributed by atoms with Crippen LogP contribution in [0.1, 0.15) is 24.5 Å². The molecule has 1 rings (SSSR count). The highest BCUT2D eigenvalue weighted by atomic mass is 32.1. The molecule has 0 spiro atoms. The van der Waals surface area contributed by atoms with E-state index in [-0.39, 0.29) is 5.91 Å². The second-order valence-corrected chi connectivity index (χ2v) is 4.98. The molecule has 1 aromatic carbocycles. The van der Waals surface area contributed by atoms with E-state index in [2.05, 4.69) is 5.32 Å². The Morgan fingerprint density at radius 1 is 1.42 bits per heavy atom. The SMILES string of the molecule is CCCNC(=O)CN(C)Cc1ccccc1C(N)=S. The molecule has 0 saturated heterocycles. The highest BCUT2D eigenvalue weighted by Gasteiger charge is 2.10. The molecule has 0 heterocycles. The van der Waals surface area contributed by atoms with Crippen molar-refractivity contribution in [2.45, 2.75) is 19.9 Å². The predicted molar refractivity (Wildman–Crippen MR) is 82.0 cm³/mol. The van der Waals surface area contributed by atoms with Crippen LogP contribution in [0.4, 0.5) is 0 Å². The van der Waals surface area contributed by atoms with E-state index in [1.54, 1.807) is 0 Å². The molecule has 104 valence electrons. The minimum absolute atomic E-state index is 0.0390. The average molecular weight is 279 g/mol. The standard InChI is InChI=1S/C14H21N3OS/c1-3-8-16-13(18)10-17(2)9-11-6-4-5-7-12(11)14(15)19/h4-7H,3,8-10H2,1-2H3,(H2,15,19)(H,16,18). The lowest BCUT2D eigenvalue weighted by Gasteiger charge is -2.18. The van der Waals surface area contributed by atoms with E-state index >= 15 is 0 Å². The molecule has 0 aliphatic rings. The summed E-state index contributed by atoms with van der Waals surface area (Å²) in [5.74, 6) is 0.0390. The summed E-state index contributed by atoms with van der Waals surface area (Å²) in [6, 6.07) is 7.74. The number of carbonyl (C=O) groups is 1. The van der Waals surface area contributed by atoms with Gasteiger partial charge in [0.05, 0.1) is 6.54 Å². The molecule has 19 heavy (non-hydrogen) atoms. The Labute approximate surface area is 120 Å². The van der Waals surface area contributed by atoms with Gasteiger partial charge in [0, 0.05) is 18.7 Å². The number of carbonyl (C=O) groups excluding carboxylic acids is 1. The zero-order chi connectivity index (χ0) is 14.3. The number of nitrogens with zero attached hydrogens (tertiary/aromatic N) is 1. The Balaban J connectivity index is 2.59. The van der Waals surface area contributed by atoms with Gasteiger partial charge in [0.1, 0.15) is 4.99 Å². The summed E-state index contributed by atoms with van der Waals surface area (Å²) in [5.41, 5.74) is 7.61. The molecule has 0 atom stereocenters. The van der Waals surface area contributed by atoms with Crippen LogP contribution in [0.3, 0.4) is 0 Å². The number of likely N-dealkylation sites (N-methyl/N-ethyl adjacent to an activating group) is 1. The quantitative estimate of drug-likeness (QED) is 0.738. The van der Waals surface area contributed by atoms with Crippen molar-refractivity contribution in [3.8, 4) is 0 Å². The Morgan fingerprint density at radius 2 is 2.11 bits per heavy atom. The molecule has 5 heteroatoms. The second kappa shape index (κ2) is 7.86. The summed E-state index contributed by atoms with van der Waals surface area (Å²) >= 11 is 5.03. The van der Waals surface area contributed by atoms with Crippen molar-refractivity contribution in [2.75, 3.05) is 20.1 Å². The van der Waals surface area contributed by atoms with Crippen LogP contribution >= 0.6 is 12.2 Å². The number of thiocarbonyl (C=S) groups is 1. The molecule has 4 nitrogen and oxygen atoms in total. The van der Waals surface area contributed by atoms with Crippen LogP contribution in [-0.4, -0.2) is 35.9 Å². The van der Waals surface area contributed by atoms with Gasteiger partial charge in [-0.1, -0.05) is 43.4 Å². The maximum Gasteiger partial charge on any atom is 0.234 e. The lowest BCUT2D eigenvalue weighted by atomic mass is 10.1. The first kappa shape index (κ1) is 15.6. The maximum absolute atomic E-state index is 11.6. The van der Waals surface area contributed by atoms with Gasteiger partial charge < -0.3 is 11.1 Å². The Hall–Kier alpha value is -1.46. The molecular formula is C14H21N3OS. The Bertz CT molecular complexity index is 448. The van der Waals surface area contributed by atoms with Crippen LogP contribution in [0, 0.1) is 0 Å². The first-order chi connectivity index (χ1) is 9.04. The van der Waals surface area contributed by atoms with E-state index < -0.39 is 0 Å². The van der Waals surface area contributed by atoms with Gasteiger partial charge in [-0.3, -0.25) is 9.69 Å². The van der Waals surface area contributed by atoms with Crippen molar-refractivity contribution >= 4 is 23.1 Å². The summed E-state index contributed by atoms with van der Waals surface area (Å²) in [7, 11) is 1.90. The fourth-order valence-corrected chi connectivity index (χ4v) is 2.01. The normalized spacial score (nSPS) is 10.5. The van der Waals surface area contributed by atoms with Crippen molar-refractivity contribution in [1.82, 2.24) is 10.2 Å². The summed E-state index contributed by atoms with van der Waals surface area (Å²) < 4.78 is 0. The minimum atomic E-state index is 0.0390. The average Bonchev–Trinajstić information content (AvgIpc) is 2.36. The Morgan fingerprint density at radius 3 is 2.74 bits per heavy atom. The number of nitrogens with two attached hydrogens (primary N) is 1. The molecule has 0 bridgehead atoms. The van der Waals surface area contributed by atoms with Gasteiger partial charge in [0.25, 0.3) is 0 Å². The third-order valence-corrected chi connectivity index (χ3v) is 2.93. The van der Waals surface area contributed by atoms with E-state index in [0.717, 1.165) is 24.1 Å². The van der Waals surface area contributed by atoms with Crippen LogP contribution in [-0.2, 0) is 11.3 Å². The number of amides is 1. The van der Waals surface area contributed by atoms with Crippen molar-refractivity contribution in [2.24, 2.45) is 5.73 Å². The first-order valence-electron chi connectivity index (χ1n) is 6.37. The van der Waals surface area contributed by atoms with Crippen LogP contribution in [0.5, 0.6) is 0 Å². The van der Waals surface area contributed by atoms with E-state index in [0.29, 0.717) is 18.1 Å². The van der Waals surface area contributed by atoms with Gasteiger partial charge in [0.2, 0.25) is 5.91 Å². The maximum atomic E-state index is 11.6. The minimum Gasteiger partial charge on any atom is -0.389 e. The predicted octanol–water partition coefficient (Wildman–Crippen LogP) is 1.28. The zero-order valence-corrected chi connectivity index (χ0v) is 12.3. The lowest BCUT2D eigenvalue weighted by molar-refractivity contribution is -0.122. The molecule has 1 amide bonds. The monoisotopic (exact) mass is 279 g/mol. The molecule has 0 aromatic heterocycles. The highest BCUT2D eigenvalue weighted by molar-refractivity contribution is 7.80. The van der Waals surface area contributed by atoms with E-state index in [4.69, 9.17) is 18.0 Å². The number of nitrogens with one attached hydrogen (secondary N) is 1. The van der Waals surface area contributed by atoms with Gasteiger partial charge >= 0.3 is 0 Å². The summed E-state index contributed by atoms with van der Waals surface area (Å²) in [6.07, 6.45) is 0.944. The zero-order valence-electron chi connectivity index (χ0n) is 11.5. The third kappa shape index (κ3) is 5.36. The molecule has 0 saturated carbocycles. The van der Waals surface area contributed by atoms with Crippen molar-refractivity contribution in [3.63, 3.8) is 0 Å². The number of hydrogen-bond acceptors (Lipinski definition) is 3. The fraction of sp³-hybridized carbons (Fsp3) is 0.429. The Kier molecular flexibility index (Phi) is 6.45. The molecule has 0 aliphatic carbocycles. The van der Waals surface area contributed by atoms with Gasteiger partial charge in [-0.15, -0.1) is 0 Å². The highest BCUT2D eigenvalue weighted by Crippen LogP contribution is 2.10. The second-order valence-electron chi connectivity index (χ2n) is 4.54. The third-order valence-electron chi connectivity index (χ3n) is 2.71. The van der Waals surface area contributed by atoms with Gasteiger partial charge in [0.15, 0.2) is 0 Å². The first-order valence-corrected chi connectivity index (χ1v) is 6.78. The topological polar surface area (TPSA) is 58.4 Å². The molecule has 3 N–H and O–H groups in total. The molecule has 0 radical (unpaired) electrons. The van der Waals surface area contributed by atoms with E-state index in [1.165, 1.54) is 0 Å². The summed E-state index contributed by atoms with van der Waals surface area (Å²) in [4.78, 5) is 14.0.